The number of ketones is 1. The van der Waals surface area contributed by atoms with Crippen LogP contribution in [0, 0.1) is 0 Å². The molecule has 1 heterocycles. The van der Waals surface area contributed by atoms with Crippen molar-refractivity contribution in [1.82, 2.24) is 9.78 Å². The smallest absolute Gasteiger partial charge is 0.435 e. The average molecular weight is 483 g/mol. The first-order chi connectivity index (χ1) is 15.4. The number of halogens is 3. The first-order valence-corrected chi connectivity index (χ1v) is 11.1. The second-order valence-corrected chi connectivity index (χ2v) is 8.59. The summed E-state index contributed by atoms with van der Waals surface area (Å²) in [6, 6.07) is 10.8. The third-order valence-corrected chi connectivity index (χ3v) is 5.88. The zero-order valence-electron chi connectivity index (χ0n) is 17.3. The van der Waals surface area contributed by atoms with Crippen molar-refractivity contribution in [2.24, 2.45) is 5.14 Å². The molecule has 0 radical (unpaired) electrons. The van der Waals surface area contributed by atoms with Crippen LogP contribution in [0.2, 0.25) is 0 Å². The minimum absolute atomic E-state index is 0.0549. The van der Waals surface area contributed by atoms with Gasteiger partial charge in [-0.05, 0) is 48.0 Å². The van der Waals surface area contributed by atoms with E-state index in [-0.39, 0.29) is 34.7 Å². The fraction of sp³-hybridized carbons (Fsp3) is 0.238. The summed E-state index contributed by atoms with van der Waals surface area (Å²) in [4.78, 5) is 12.3. The lowest BCUT2D eigenvalue weighted by Gasteiger charge is -2.10. The molecular weight excluding hydrogens is 463 g/mol. The second kappa shape index (κ2) is 9.33. The van der Waals surface area contributed by atoms with Crippen LogP contribution in [0.3, 0.4) is 0 Å². The van der Waals surface area contributed by atoms with E-state index in [0.29, 0.717) is 11.3 Å². The van der Waals surface area contributed by atoms with Crippen LogP contribution in [0.15, 0.2) is 53.4 Å². The zero-order chi connectivity index (χ0) is 24.4. The molecule has 12 heteroatoms. The van der Waals surface area contributed by atoms with Crippen LogP contribution < -0.4 is 9.88 Å². The average Bonchev–Trinajstić information content (AvgIpc) is 3.21. The number of alkyl halides is 3. The Kier molecular flexibility index (Phi) is 6.91. The highest BCUT2D eigenvalue weighted by Gasteiger charge is 2.35. The summed E-state index contributed by atoms with van der Waals surface area (Å²) in [5, 5.41) is 18.1. The minimum Gasteiger partial charge on any atom is -0.497 e. The molecule has 0 aliphatic carbocycles. The van der Waals surface area contributed by atoms with E-state index in [2.05, 4.69) is 5.10 Å². The van der Waals surface area contributed by atoms with Gasteiger partial charge in [-0.3, -0.25) is 9.48 Å². The number of carbonyl (C=O) groups is 1. The lowest BCUT2D eigenvalue weighted by Crippen LogP contribution is -2.16. The molecule has 0 unspecified atom stereocenters. The first-order valence-electron chi connectivity index (χ1n) is 9.53. The molecule has 0 bridgehead atoms. The highest BCUT2D eigenvalue weighted by molar-refractivity contribution is 7.89. The molecule has 0 saturated carbocycles. The summed E-state index contributed by atoms with van der Waals surface area (Å²) >= 11 is 0. The lowest BCUT2D eigenvalue weighted by atomic mass is 10.1. The Morgan fingerprint density at radius 2 is 1.82 bits per heavy atom. The summed E-state index contributed by atoms with van der Waals surface area (Å²) in [7, 11) is -2.63. The highest BCUT2D eigenvalue weighted by atomic mass is 32.2. The summed E-state index contributed by atoms with van der Waals surface area (Å²) < 4.78 is 69.0. The largest absolute Gasteiger partial charge is 0.497 e. The Bertz CT molecular complexity index is 1270. The molecule has 0 spiro atoms. The number of methoxy groups -OCH3 is 1. The van der Waals surface area contributed by atoms with Crippen molar-refractivity contribution in [3.05, 3.63) is 65.4 Å². The molecule has 1 aromatic heterocycles. The zero-order valence-corrected chi connectivity index (χ0v) is 18.2. The predicted octanol–water partition coefficient (Wildman–Crippen LogP) is 2.99. The number of nitrogens with two attached hydrogens (primary N) is 1. The number of aliphatic hydroxyl groups excluding tert-OH is 1. The van der Waals surface area contributed by atoms with E-state index >= 15 is 0 Å². The van der Waals surface area contributed by atoms with Gasteiger partial charge >= 0.3 is 6.18 Å². The molecule has 0 aliphatic rings. The van der Waals surface area contributed by atoms with Crippen LogP contribution in [0.5, 0.6) is 5.75 Å². The molecule has 8 nitrogen and oxygen atoms in total. The highest BCUT2D eigenvalue weighted by Crippen LogP contribution is 2.32. The van der Waals surface area contributed by atoms with Gasteiger partial charge < -0.3 is 9.84 Å². The normalized spacial score (nSPS) is 12.1. The number of nitrogens with zero attached hydrogens (tertiary/aromatic N) is 2. The van der Waals surface area contributed by atoms with Crippen molar-refractivity contribution in [2.75, 3.05) is 7.11 Å². The number of aromatic nitrogens is 2. The number of aryl methyl sites for hydroxylation is 1. The Labute approximate surface area is 187 Å². The summed E-state index contributed by atoms with van der Waals surface area (Å²) in [6.45, 7) is -0.829. The van der Waals surface area contributed by atoms with Gasteiger partial charge in [-0.15, -0.1) is 0 Å². The van der Waals surface area contributed by atoms with Crippen molar-refractivity contribution in [3.63, 3.8) is 0 Å². The first kappa shape index (κ1) is 24.4. The lowest BCUT2D eigenvalue weighted by molar-refractivity contribution is -0.141. The number of sulfonamides is 1. The van der Waals surface area contributed by atoms with Crippen molar-refractivity contribution in [1.29, 1.82) is 0 Å². The quantitative estimate of drug-likeness (QED) is 0.475. The Hall–Kier alpha value is -3.22. The van der Waals surface area contributed by atoms with Gasteiger partial charge in [-0.25, -0.2) is 13.6 Å². The van der Waals surface area contributed by atoms with Crippen LogP contribution in [0.1, 0.15) is 28.0 Å². The summed E-state index contributed by atoms with van der Waals surface area (Å²) in [6.07, 6.45) is -4.89. The monoisotopic (exact) mass is 483 g/mol. The van der Waals surface area contributed by atoms with Crippen LogP contribution >= 0.6 is 0 Å². The van der Waals surface area contributed by atoms with E-state index in [9.17, 15) is 31.5 Å². The van der Waals surface area contributed by atoms with Crippen molar-refractivity contribution < 1.29 is 36.2 Å². The van der Waals surface area contributed by atoms with E-state index in [1.807, 2.05) is 0 Å². The molecule has 33 heavy (non-hydrogen) atoms. The number of Topliss-reactive ketones (excluding diaryl/α,β-unsaturated/α-hetero) is 1. The van der Waals surface area contributed by atoms with Crippen LogP contribution in [0.4, 0.5) is 13.2 Å². The number of hydrogen-bond donors (Lipinski definition) is 2. The van der Waals surface area contributed by atoms with Crippen LogP contribution in [-0.2, 0) is 29.4 Å². The summed E-state index contributed by atoms with van der Waals surface area (Å²) in [5.74, 6) is 0.0501. The molecule has 3 N–H and O–H groups in total. The third-order valence-electron chi connectivity index (χ3n) is 4.87. The van der Waals surface area contributed by atoms with E-state index in [0.717, 1.165) is 16.8 Å². The van der Waals surface area contributed by atoms with Gasteiger partial charge in [0.05, 0.1) is 24.3 Å². The number of rotatable bonds is 8. The van der Waals surface area contributed by atoms with Gasteiger partial charge in [0.25, 0.3) is 0 Å². The van der Waals surface area contributed by atoms with Gasteiger partial charge in [0, 0.05) is 24.1 Å². The van der Waals surface area contributed by atoms with Gasteiger partial charge in [0.1, 0.15) is 5.75 Å². The molecule has 0 atom stereocenters. The van der Waals surface area contributed by atoms with E-state index in [1.54, 1.807) is 24.3 Å². The molecule has 3 rings (SSSR count). The number of primary sulfonamides is 1. The van der Waals surface area contributed by atoms with E-state index in [1.165, 1.54) is 19.2 Å². The maximum Gasteiger partial charge on any atom is 0.435 e. The van der Waals surface area contributed by atoms with Crippen LogP contribution in [-0.4, -0.2) is 36.2 Å². The minimum atomic E-state index is -4.67. The molecule has 2 aromatic carbocycles. The standard InChI is InChI=1S/C21H20F3N3O5S/c1-32-16-5-2-13(3-6-16)17-11-20(21(22,23)24)26-27(17)9-8-18(29)14-4-7-19(33(25,30)31)15(10-14)12-28/h2-7,10-11,28H,8-9,12H2,1H3,(H2,25,30,31). The second-order valence-electron chi connectivity index (χ2n) is 7.06. The van der Waals surface area contributed by atoms with Gasteiger partial charge in [-0.2, -0.15) is 18.3 Å². The van der Waals surface area contributed by atoms with Crippen molar-refractivity contribution in [3.8, 4) is 17.0 Å². The van der Waals surface area contributed by atoms with Gasteiger partial charge in [-0.1, -0.05) is 6.07 Å². The van der Waals surface area contributed by atoms with E-state index < -0.39 is 34.3 Å². The SMILES string of the molecule is COc1ccc(-c2cc(C(F)(F)F)nn2CCC(=O)c2ccc(S(N)(=O)=O)c(CO)c2)cc1. The molecule has 0 saturated heterocycles. The van der Waals surface area contributed by atoms with E-state index in [4.69, 9.17) is 9.88 Å². The van der Waals surface area contributed by atoms with Crippen molar-refractivity contribution in [2.45, 2.75) is 30.6 Å². The van der Waals surface area contributed by atoms with Crippen LogP contribution in [0.25, 0.3) is 11.3 Å². The number of carbonyl (C=O) groups excluding carboxylic acids is 1. The number of benzene rings is 2. The number of ether oxygens (including phenoxy) is 1. The molecular formula is C21H20F3N3O5S. The maximum atomic E-state index is 13.3. The van der Waals surface area contributed by atoms with Gasteiger partial charge in [0.2, 0.25) is 10.0 Å². The molecule has 0 amide bonds. The molecule has 3 aromatic rings. The number of aliphatic hydroxyl groups is 1. The molecule has 0 fully saturated rings. The summed E-state index contributed by atoms with van der Waals surface area (Å²) in [5.41, 5.74) is -0.452. The Morgan fingerprint density at radius 1 is 1.15 bits per heavy atom. The van der Waals surface area contributed by atoms with Gasteiger partial charge in [0.15, 0.2) is 11.5 Å². The van der Waals surface area contributed by atoms with Crippen molar-refractivity contribution >= 4 is 15.8 Å². The Morgan fingerprint density at radius 3 is 2.36 bits per heavy atom. The molecule has 176 valence electrons. The maximum absolute atomic E-state index is 13.3. The Balaban J connectivity index is 1.88. The number of hydrogen-bond acceptors (Lipinski definition) is 6. The fourth-order valence-corrected chi connectivity index (χ4v) is 3.97. The third kappa shape index (κ3) is 5.59. The predicted molar refractivity (Wildman–Crippen MR) is 112 cm³/mol. The topological polar surface area (TPSA) is 125 Å². The fourth-order valence-electron chi connectivity index (χ4n) is 3.23. The molecule has 0 aliphatic heterocycles.